The van der Waals surface area contributed by atoms with E-state index in [1.54, 1.807) is 0 Å². The van der Waals surface area contributed by atoms with Crippen LogP contribution < -0.4 is 10.2 Å². The van der Waals surface area contributed by atoms with Gasteiger partial charge in [-0.1, -0.05) is 52.3 Å². The van der Waals surface area contributed by atoms with Crippen LogP contribution in [0.15, 0.2) is 48.5 Å². The average Bonchev–Trinajstić information content (AvgIpc) is 2.81. The molecule has 4 heteroatoms. The third kappa shape index (κ3) is 2.13. The second-order valence-electron chi connectivity index (χ2n) is 5.76. The van der Waals surface area contributed by atoms with E-state index in [0.717, 1.165) is 34.3 Å². The number of halogens is 1. The van der Waals surface area contributed by atoms with Crippen LogP contribution >= 0.6 is 15.9 Å². The van der Waals surface area contributed by atoms with Gasteiger partial charge in [0.1, 0.15) is 5.41 Å². The van der Waals surface area contributed by atoms with Crippen molar-refractivity contribution in [3.05, 3.63) is 59.7 Å². The van der Waals surface area contributed by atoms with Gasteiger partial charge in [-0.25, -0.2) is 0 Å². The van der Waals surface area contributed by atoms with Crippen molar-refractivity contribution < 1.29 is 4.79 Å². The summed E-state index contributed by atoms with van der Waals surface area (Å²) in [7, 11) is 4.03. The van der Waals surface area contributed by atoms with E-state index >= 15 is 0 Å². The molecule has 1 aliphatic heterocycles. The summed E-state index contributed by atoms with van der Waals surface area (Å²) in [5.74, 6) is 0.0578. The van der Waals surface area contributed by atoms with Crippen LogP contribution in [0.25, 0.3) is 0 Å². The van der Waals surface area contributed by atoms with Crippen LogP contribution in [0.2, 0.25) is 0 Å². The fourth-order valence-electron chi connectivity index (χ4n) is 3.33. The molecule has 0 aromatic heterocycles. The maximum absolute atomic E-state index is 13.0. The predicted molar refractivity (Wildman–Crippen MR) is 95.0 cm³/mol. The van der Waals surface area contributed by atoms with Crippen molar-refractivity contribution >= 4 is 33.2 Å². The number of nitrogens with zero attached hydrogens (tertiary/aromatic N) is 1. The Balaban J connectivity index is 2.32. The molecule has 1 N–H and O–H groups in total. The second kappa shape index (κ2) is 5.76. The molecule has 3 nitrogen and oxygen atoms in total. The lowest BCUT2D eigenvalue weighted by Gasteiger charge is -2.31. The van der Waals surface area contributed by atoms with Crippen LogP contribution in [0.1, 0.15) is 17.5 Å². The first-order chi connectivity index (χ1) is 10.6. The zero-order valence-electron chi connectivity index (χ0n) is 12.8. The molecule has 1 heterocycles. The maximum atomic E-state index is 13.0. The number of hydrogen-bond donors (Lipinski definition) is 1. The minimum absolute atomic E-state index is 0.0578. The first kappa shape index (κ1) is 15.1. The SMILES string of the molecule is CN(C)c1cccc2c1C(CCBr)(c1ccccc1)C(=O)N2. The number of anilines is 2. The Kier molecular flexibility index (Phi) is 3.96. The van der Waals surface area contributed by atoms with Crippen molar-refractivity contribution in [1.82, 2.24) is 0 Å². The molecule has 3 rings (SSSR count). The Morgan fingerprint density at radius 2 is 1.82 bits per heavy atom. The largest absolute Gasteiger partial charge is 0.377 e. The first-order valence-corrected chi connectivity index (χ1v) is 8.47. The number of amides is 1. The summed E-state index contributed by atoms with van der Waals surface area (Å²) in [4.78, 5) is 15.0. The highest BCUT2D eigenvalue weighted by molar-refractivity contribution is 9.09. The van der Waals surface area contributed by atoms with Gasteiger partial charge in [0.2, 0.25) is 5.91 Å². The third-order valence-electron chi connectivity index (χ3n) is 4.32. The van der Waals surface area contributed by atoms with E-state index in [9.17, 15) is 4.79 Å². The van der Waals surface area contributed by atoms with Gasteiger partial charge in [-0.05, 0) is 24.1 Å². The highest BCUT2D eigenvalue weighted by Crippen LogP contribution is 2.49. The summed E-state index contributed by atoms with van der Waals surface area (Å²) in [6, 6.07) is 16.1. The molecule has 0 saturated carbocycles. The van der Waals surface area contributed by atoms with E-state index in [4.69, 9.17) is 0 Å². The molecule has 22 heavy (non-hydrogen) atoms. The molecule has 0 fully saturated rings. The van der Waals surface area contributed by atoms with E-state index in [1.165, 1.54) is 0 Å². The van der Waals surface area contributed by atoms with E-state index in [-0.39, 0.29) is 5.91 Å². The molecule has 1 amide bonds. The summed E-state index contributed by atoms with van der Waals surface area (Å²) in [6.45, 7) is 0. The Hall–Kier alpha value is -1.81. The standard InChI is InChI=1S/C18H19BrN2O/c1-21(2)15-10-6-9-14-16(15)18(11-12-19,17(22)20-14)13-7-4-3-5-8-13/h3-10H,11-12H2,1-2H3,(H,20,22). The highest BCUT2D eigenvalue weighted by atomic mass is 79.9. The Morgan fingerprint density at radius 3 is 2.45 bits per heavy atom. The molecule has 0 aliphatic carbocycles. The molecule has 2 aromatic rings. The molecular weight excluding hydrogens is 340 g/mol. The van der Waals surface area contributed by atoms with Crippen molar-refractivity contribution in [3.63, 3.8) is 0 Å². The van der Waals surface area contributed by atoms with E-state index in [2.05, 4.69) is 32.2 Å². The third-order valence-corrected chi connectivity index (χ3v) is 4.72. The lowest BCUT2D eigenvalue weighted by molar-refractivity contribution is -0.119. The van der Waals surface area contributed by atoms with E-state index in [1.807, 2.05) is 56.6 Å². The molecule has 0 spiro atoms. The lowest BCUT2D eigenvalue weighted by atomic mass is 9.72. The van der Waals surface area contributed by atoms with Gasteiger partial charge in [0, 0.05) is 36.4 Å². The smallest absolute Gasteiger partial charge is 0.239 e. The molecule has 114 valence electrons. The molecule has 0 bridgehead atoms. The number of carbonyl (C=O) groups excluding carboxylic acids is 1. The van der Waals surface area contributed by atoms with Gasteiger partial charge in [0.05, 0.1) is 0 Å². The van der Waals surface area contributed by atoms with Crippen LogP contribution in [0.5, 0.6) is 0 Å². The van der Waals surface area contributed by atoms with Crippen molar-refractivity contribution in [3.8, 4) is 0 Å². The fraction of sp³-hybridized carbons (Fsp3) is 0.278. The number of alkyl halides is 1. The molecule has 2 aromatic carbocycles. The summed E-state index contributed by atoms with van der Waals surface area (Å²) >= 11 is 3.54. The van der Waals surface area contributed by atoms with Crippen LogP contribution in [-0.4, -0.2) is 25.3 Å². The molecule has 1 aliphatic rings. The predicted octanol–water partition coefficient (Wildman–Crippen LogP) is 3.78. The van der Waals surface area contributed by atoms with Crippen molar-refractivity contribution in [2.24, 2.45) is 0 Å². The summed E-state index contributed by atoms with van der Waals surface area (Å²) in [5, 5.41) is 3.84. The maximum Gasteiger partial charge on any atom is 0.239 e. The van der Waals surface area contributed by atoms with Crippen LogP contribution in [0, 0.1) is 0 Å². The first-order valence-electron chi connectivity index (χ1n) is 7.35. The van der Waals surface area contributed by atoms with Crippen LogP contribution in [-0.2, 0) is 10.2 Å². The number of carbonyl (C=O) groups is 1. The van der Waals surface area contributed by atoms with Crippen LogP contribution in [0.3, 0.4) is 0 Å². The fourth-order valence-corrected chi connectivity index (χ4v) is 3.93. The second-order valence-corrected chi connectivity index (χ2v) is 6.55. The average molecular weight is 359 g/mol. The summed E-state index contributed by atoms with van der Waals surface area (Å²) in [5.41, 5.74) is 3.48. The monoisotopic (exact) mass is 358 g/mol. The molecule has 0 radical (unpaired) electrons. The number of rotatable bonds is 4. The van der Waals surface area contributed by atoms with E-state index in [0.29, 0.717) is 0 Å². The van der Waals surface area contributed by atoms with Crippen molar-refractivity contribution in [2.75, 3.05) is 29.6 Å². The zero-order valence-corrected chi connectivity index (χ0v) is 14.4. The summed E-state index contributed by atoms with van der Waals surface area (Å²) < 4.78 is 0. The molecular formula is C18H19BrN2O. The van der Waals surface area contributed by atoms with E-state index < -0.39 is 5.41 Å². The highest BCUT2D eigenvalue weighted by Gasteiger charge is 2.49. The van der Waals surface area contributed by atoms with Gasteiger partial charge in [-0.3, -0.25) is 4.79 Å². The quantitative estimate of drug-likeness (QED) is 0.843. The van der Waals surface area contributed by atoms with Gasteiger partial charge in [-0.2, -0.15) is 0 Å². The van der Waals surface area contributed by atoms with Gasteiger partial charge in [-0.15, -0.1) is 0 Å². The van der Waals surface area contributed by atoms with Gasteiger partial charge in [0.25, 0.3) is 0 Å². The summed E-state index contributed by atoms with van der Waals surface area (Å²) in [6.07, 6.45) is 0.723. The molecule has 0 saturated heterocycles. The van der Waals surface area contributed by atoms with Crippen molar-refractivity contribution in [2.45, 2.75) is 11.8 Å². The Bertz CT molecular complexity index is 699. The minimum Gasteiger partial charge on any atom is -0.377 e. The zero-order chi connectivity index (χ0) is 15.7. The lowest BCUT2D eigenvalue weighted by Crippen LogP contribution is -2.37. The van der Waals surface area contributed by atoms with Gasteiger partial charge in [0.15, 0.2) is 0 Å². The Labute approximate surface area is 139 Å². The minimum atomic E-state index is -0.638. The number of fused-ring (bicyclic) bond motifs is 1. The van der Waals surface area contributed by atoms with Crippen LogP contribution in [0.4, 0.5) is 11.4 Å². The normalized spacial score (nSPS) is 19.7. The van der Waals surface area contributed by atoms with Crippen molar-refractivity contribution in [1.29, 1.82) is 0 Å². The molecule has 1 unspecified atom stereocenters. The number of nitrogens with one attached hydrogen (secondary N) is 1. The number of benzene rings is 2. The Morgan fingerprint density at radius 1 is 1.09 bits per heavy atom. The topological polar surface area (TPSA) is 32.3 Å². The number of hydrogen-bond acceptors (Lipinski definition) is 2. The van der Waals surface area contributed by atoms with Gasteiger partial charge < -0.3 is 10.2 Å². The van der Waals surface area contributed by atoms with Gasteiger partial charge >= 0.3 is 0 Å². The molecule has 1 atom stereocenters.